The van der Waals surface area contributed by atoms with Crippen LogP contribution in [0.15, 0.2) is 18.2 Å². The van der Waals surface area contributed by atoms with Crippen LogP contribution in [0.25, 0.3) is 10.9 Å². The third-order valence-electron chi connectivity index (χ3n) is 5.15. The number of aryl methyl sites for hydroxylation is 1. The van der Waals surface area contributed by atoms with Crippen molar-refractivity contribution in [1.82, 2.24) is 20.4 Å². The minimum absolute atomic E-state index is 0.197. The van der Waals surface area contributed by atoms with E-state index in [1.807, 2.05) is 23.9 Å². The van der Waals surface area contributed by atoms with E-state index in [4.69, 9.17) is 0 Å². The predicted octanol–water partition coefficient (Wildman–Crippen LogP) is 0.892. The maximum absolute atomic E-state index is 12.3. The molecule has 4 rings (SSSR count). The summed E-state index contributed by atoms with van der Waals surface area (Å²) in [5.74, 6) is -0.798. The molecule has 0 radical (unpaired) electrons. The zero-order valence-corrected chi connectivity index (χ0v) is 14.6. The van der Waals surface area contributed by atoms with Gasteiger partial charge < -0.3 is 10.2 Å². The van der Waals surface area contributed by atoms with Gasteiger partial charge in [-0.25, -0.2) is 0 Å². The van der Waals surface area contributed by atoms with Crippen molar-refractivity contribution < 1.29 is 9.59 Å². The highest BCUT2D eigenvalue weighted by atomic mass is 16.2. The lowest BCUT2D eigenvalue weighted by Crippen LogP contribution is -2.49. The molecule has 0 bridgehead atoms. The van der Waals surface area contributed by atoms with Crippen molar-refractivity contribution in [1.29, 1.82) is 0 Å². The molecule has 132 valence electrons. The largest absolute Gasteiger partial charge is 0.367 e. The van der Waals surface area contributed by atoms with E-state index >= 15 is 0 Å². The number of anilines is 1. The lowest BCUT2D eigenvalue weighted by atomic mass is 9.92. The molecule has 2 atom stereocenters. The van der Waals surface area contributed by atoms with E-state index in [1.54, 1.807) is 0 Å². The Morgan fingerprint density at radius 1 is 1.28 bits per heavy atom. The van der Waals surface area contributed by atoms with Gasteiger partial charge in [-0.2, -0.15) is 5.10 Å². The van der Waals surface area contributed by atoms with Crippen LogP contribution in [0.2, 0.25) is 0 Å². The zero-order valence-electron chi connectivity index (χ0n) is 14.6. The predicted molar refractivity (Wildman–Crippen MR) is 95.5 cm³/mol. The van der Waals surface area contributed by atoms with Crippen LogP contribution in [-0.4, -0.2) is 47.3 Å². The summed E-state index contributed by atoms with van der Waals surface area (Å²) < 4.78 is 1.87. The van der Waals surface area contributed by atoms with Gasteiger partial charge in [0, 0.05) is 44.5 Å². The molecule has 7 nitrogen and oxygen atoms in total. The summed E-state index contributed by atoms with van der Waals surface area (Å²) in [4.78, 5) is 26.1. The first-order valence-electron chi connectivity index (χ1n) is 8.82. The topological polar surface area (TPSA) is 79.3 Å². The van der Waals surface area contributed by atoms with Crippen molar-refractivity contribution in [2.24, 2.45) is 7.05 Å². The van der Waals surface area contributed by atoms with Crippen LogP contribution in [0.3, 0.4) is 0 Å². The first-order valence-corrected chi connectivity index (χ1v) is 8.82. The highest BCUT2D eigenvalue weighted by Crippen LogP contribution is 2.34. The molecule has 2 fully saturated rings. The van der Waals surface area contributed by atoms with Gasteiger partial charge in [-0.05, 0) is 19.4 Å². The average Bonchev–Trinajstić information content (AvgIpc) is 2.92. The molecule has 3 heterocycles. The number of piperazine rings is 1. The molecule has 2 N–H and O–H groups in total. The van der Waals surface area contributed by atoms with E-state index in [-0.39, 0.29) is 17.7 Å². The van der Waals surface area contributed by atoms with Crippen molar-refractivity contribution >= 4 is 28.4 Å². The van der Waals surface area contributed by atoms with E-state index in [1.165, 1.54) is 0 Å². The fraction of sp³-hybridized carbons (Fsp3) is 0.500. The first kappa shape index (κ1) is 16.1. The number of nitrogens with one attached hydrogen (secondary N) is 2. The summed E-state index contributed by atoms with van der Waals surface area (Å²) in [7, 11) is 1.92. The van der Waals surface area contributed by atoms with Gasteiger partial charge in [0.15, 0.2) is 0 Å². The average molecular weight is 341 g/mol. The minimum atomic E-state index is -0.362. The van der Waals surface area contributed by atoms with Gasteiger partial charge in [-0.1, -0.05) is 12.1 Å². The first-order chi connectivity index (χ1) is 12.0. The van der Waals surface area contributed by atoms with E-state index in [0.717, 1.165) is 41.9 Å². The minimum Gasteiger partial charge on any atom is -0.367 e. The monoisotopic (exact) mass is 341 g/mol. The molecule has 7 heteroatoms. The standard InChI is InChI=1S/C18H23N5O2/c1-11-10-23(9-8-19-11)14-5-3-4-12-16(21-22(2)17(12)14)13-6-7-15(24)20-18(13)25/h3-5,11,13,19H,6-10H2,1-2H3,(H,20,24,25). The second kappa shape index (κ2) is 6.15. The number of para-hydroxylation sites is 1. The number of hydrogen-bond acceptors (Lipinski definition) is 5. The Hall–Kier alpha value is -2.41. The molecule has 0 spiro atoms. The van der Waals surface area contributed by atoms with Crippen LogP contribution in [0.1, 0.15) is 31.4 Å². The summed E-state index contributed by atoms with van der Waals surface area (Å²) >= 11 is 0. The third-order valence-corrected chi connectivity index (χ3v) is 5.15. The van der Waals surface area contributed by atoms with Crippen LogP contribution < -0.4 is 15.5 Å². The van der Waals surface area contributed by atoms with Crippen LogP contribution in [0.5, 0.6) is 0 Å². The number of imide groups is 1. The summed E-state index contributed by atoms with van der Waals surface area (Å²) in [5.41, 5.74) is 2.98. The van der Waals surface area contributed by atoms with E-state index in [0.29, 0.717) is 18.9 Å². The van der Waals surface area contributed by atoms with Gasteiger partial charge in [0.1, 0.15) is 0 Å². The van der Waals surface area contributed by atoms with Gasteiger partial charge in [-0.15, -0.1) is 0 Å². The lowest BCUT2D eigenvalue weighted by Gasteiger charge is -2.34. The number of fused-ring (bicyclic) bond motifs is 1. The van der Waals surface area contributed by atoms with Crippen LogP contribution in [0.4, 0.5) is 5.69 Å². The van der Waals surface area contributed by atoms with Crippen molar-refractivity contribution in [3.05, 3.63) is 23.9 Å². The number of carbonyl (C=O) groups is 2. The number of rotatable bonds is 2. The lowest BCUT2D eigenvalue weighted by molar-refractivity contribution is -0.134. The number of aromatic nitrogens is 2. The molecule has 1 aromatic carbocycles. The Bertz CT molecular complexity index is 843. The van der Waals surface area contributed by atoms with Crippen LogP contribution in [0, 0.1) is 0 Å². The maximum Gasteiger partial charge on any atom is 0.235 e. The third kappa shape index (κ3) is 2.78. The van der Waals surface area contributed by atoms with Crippen LogP contribution in [-0.2, 0) is 16.6 Å². The fourth-order valence-electron chi connectivity index (χ4n) is 3.96. The summed E-state index contributed by atoms with van der Waals surface area (Å²) in [6.45, 7) is 5.03. The quantitative estimate of drug-likeness (QED) is 0.793. The second-order valence-corrected chi connectivity index (χ2v) is 6.99. The SMILES string of the molecule is CC1CN(c2cccc3c(C4CCC(=O)NC4=O)nn(C)c23)CCN1. The van der Waals surface area contributed by atoms with Gasteiger partial charge >= 0.3 is 0 Å². The molecule has 2 aromatic rings. The summed E-state index contributed by atoms with van der Waals surface area (Å²) in [6, 6.07) is 6.61. The molecule has 2 aliphatic heterocycles. The Labute approximate surface area is 146 Å². The van der Waals surface area contributed by atoms with Crippen molar-refractivity contribution in [2.75, 3.05) is 24.5 Å². The number of nitrogens with zero attached hydrogens (tertiary/aromatic N) is 3. The molecule has 0 saturated carbocycles. The van der Waals surface area contributed by atoms with Crippen molar-refractivity contribution in [3.63, 3.8) is 0 Å². The highest BCUT2D eigenvalue weighted by Gasteiger charge is 2.32. The normalized spacial score (nSPS) is 24.6. The van der Waals surface area contributed by atoms with E-state index in [2.05, 4.69) is 33.6 Å². The highest BCUT2D eigenvalue weighted by molar-refractivity contribution is 6.03. The molecule has 0 aliphatic carbocycles. The Morgan fingerprint density at radius 2 is 2.12 bits per heavy atom. The second-order valence-electron chi connectivity index (χ2n) is 6.99. The van der Waals surface area contributed by atoms with Crippen LogP contribution >= 0.6 is 0 Å². The molecular formula is C18H23N5O2. The molecule has 2 amide bonds. The smallest absolute Gasteiger partial charge is 0.235 e. The molecule has 2 saturated heterocycles. The Kier molecular flexibility index (Phi) is 3.95. The molecule has 25 heavy (non-hydrogen) atoms. The number of amides is 2. The molecule has 2 aliphatic rings. The van der Waals surface area contributed by atoms with Crippen molar-refractivity contribution in [3.8, 4) is 0 Å². The number of hydrogen-bond donors (Lipinski definition) is 2. The van der Waals surface area contributed by atoms with Gasteiger partial charge in [0.2, 0.25) is 11.8 Å². The van der Waals surface area contributed by atoms with E-state index < -0.39 is 0 Å². The zero-order chi connectivity index (χ0) is 17.6. The molecule has 1 aromatic heterocycles. The van der Waals surface area contributed by atoms with Gasteiger partial charge in [0.25, 0.3) is 0 Å². The molecular weight excluding hydrogens is 318 g/mol. The maximum atomic E-state index is 12.3. The summed E-state index contributed by atoms with van der Waals surface area (Å²) in [6.07, 6.45) is 0.884. The number of benzene rings is 1. The fourth-order valence-corrected chi connectivity index (χ4v) is 3.96. The van der Waals surface area contributed by atoms with Crippen molar-refractivity contribution in [2.45, 2.75) is 31.7 Å². The Balaban J connectivity index is 1.77. The van der Waals surface area contributed by atoms with Gasteiger partial charge in [0.05, 0.1) is 22.8 Å². The Morgan fingerprint density at radius 3 is 2.88 bits per heavy atom. The molecule has 2 unspecified atom stereocenters. The summed E-state index contributed by atoms with van der Waals surface area (Å²) in [5, 5.41) is 11.6. The van der Waals surface area contributed by atoms with Gasteiger partial charge in [-0.3, -0.25) is 19.6 Å². The van der Waals surface area contributed by atoms with E-state index in [9.17, 15) is 9.59 Å². The number of carbonyl (C=O) groups excluding carboxylic acids is 2. The number of piperidine rings is 1.